The van der Waals surface area contributed by atoms with Crippen LogP contribution in [0.3, 0.4) is 0 Å². The van der Waals surface area contributed by atoms with Crippen molar-refractivity contribution >= 4 is 5.97 Å². The molecule has 88 valence electrons. The van der Waals surface area contributed by atoms with Gasteiger partial charge in [0.25, 0.3) is 0 Å². The summed E-state index contributed by atoms with van der Waals surface area (Å²) >= 11 is 0. The number of hydrogen-bond acceptors (Lipinski definition) is 5. The molecule has 0 bridgehead atoms. The van der Waals surface area contributed by atoms with Crippen LogP contribution in [-0.4, -0.2) is 44.2 Å². The van der Waals surface area contributed by atoms with Gasteiger partial charge in [0, 0.05) is 5.56 Å². The molecule has 0 spiro atoms. The fourth-order valence-electron chi connectivity index (χ4n) is 1.23. The van der Waals surface area contributed by atoms with E-state index in [1.807, 2.05) is 0 Å². The molecule has 0 aliphatic carbocycles. The maximum Gasteiger partial charge on any atom is 0.335 e. The van der Waals surface area contributed by atoms with Crippen molar-refractivity contribution in [3.05, 3.63) is 29.3 Å². The maximum atomic E-state index is 10.6. The summed E-state index contributed by atoms with van der Waals surface area (Å²) in [4.78, 5) is 10.6. The molecule has 0 aliphatic heterocycles. The highest BCUT2D eigenvalue weighted by molar-refractivity contribution is 5.88. The Hall–Kier alpha value is -1.63. The number of aliphatic hydroxyl groups is 3. The van der Waals surface area contributed by atoms with Crippen molar-refractivity contribution in [3.8, 4) is 5.75 Å². The molecule has 0 radical (unpaired) electrons. The van der Waals surface area contributed by atoms with Crippen LogP contribution in [0, 0.1) is 0 Å². The van der Waals surface area contributed by atoms with Crippen LogP contribution in [0.5, 0.6) is 5.75 Å². The summed E-state index contributed by atoms with van der Waals surface area (Å²) in [6.07, 6.45) is -2.89. The minimum absolute atomic E-state index is 0.0356. The Morgan fingerprint density at radius 3 is 2.38 bits per heavy atom. The van der Waals surface area contributed by atoms with Crippen LogP contribution in [0.25, 0.3) is 0 Å². The average molecular weight is 228 g/mol. The van der Waals surface area contributed by atoms with Crippen LogP contribution in [0.1, 0.15) is 22.0 Å². The number of phenols is 1. The number of carboxylic acids is 1. The van der Waals surface area contributed by atoms with Crippen LogP contribution >= 0.6 is 0 Å². The van der Waals surface area contributed by atoms with Gasteiger partial charge in [-0.1, -0.05) is 6.07 Å². The Morgan fingerprint density at radius 2 is 1.94 bits per heavy atom. The zero-order valence-corrected chi connectivity index (χ0v) is 8.24. The Labute approximate surface area is 91.0 Å². The first-order valence-corrected chi connectivity index (χ1v) is 4.50. The fourth-order valence-corrected chi connectivity index (χ4v) is 1.23. The second kappa shape index (κ2) is 4.93. The first-order valence-electron chi connectivity index (χ1n) is 4.50. The molecule has 0 fully saturated rings. The number of phenolic OH excluding ortho intramolecular Hbond substituents is 1. The van der Waals surface area contributed by atoms with Crippen molar-refractivity contribution in [2.75, 3.05) is 6.61 Å². The molecule has 2 atom stereocenters. The Bertz CT molecular complexity index is 389. The highest BCUT2D eigenvalue weighted by Crippen LogP contribution is 2.27. The van der Waals surface area contributed by atoms with Gasteiger partial charge in [-0.25, -0.2) is 4.79 Å². The van der Waals surface area contributed by atoms with E-state index >= 15 is 0 Å². The molecular weight excluding hydrogens is 216 g/mol. The molecule has 0 aliphatic rings. The van der Waals surface area contributed by atoms with Gasteiger partial charge in [0.1, 0.15) is 18.0 Å². The number of benzene rings is 1. The Kier molecular flexibility index (Phi) is 3.83. The number of aromatic carboxylic acids is 1. The predicted octanol–water partition coefficient (Wildman–Crippen LogP) is -0.523. The van der Waals surface area contributed by atoms with E-state index in [1.54, 1.807) is 0 Å². The minimum atomic E-state index is -1.46. The molecule has 0 amide bonds. The lowest BCUT2D eigenvalue weighted by atomic mass is 10.0. The molecule has 1 aromatic carbocycles. The zero-order valence-electron chi connectivity index (χ0n) is 8.24. The van der Waals surface area contributed by atoms with Gasteiger partial charge in [-0.05, 0) is 12.1 Å². The summed E-state index contributed by atoms with van der Waals surface area (Å²) in [5.41, 5.74) is -0.168. The van der Waals surface area contributed by atoms with Gasteiger partial charge in [0.2, 0.25) is 0 Å². The average Bonchev–Trinajstić information content (AvgIpc) is 2.26. The molecule has 1 rings (SSSR count). The number of carbonyl (C=O) groups is 1. The van der Waals surface area contributed by atoms with Gasteiger partial charge in [0.05, 0.1) is 12.2 Å². The third-order valence-electron chi connectivity index (χ3n) is 2.15. The summed E-state index contributed by atoms with van der Waals surface area (Å²) in [7, 11) is 0. The van der Waals surface area contributed by atoms with Crippen molar-refractivity contribution < 1.29 is 30.3 Å². The number of hydrogen-bond donors (Lipinski definition) is 5. The van der Waals surface area contributed by atoms with E-state index in [0.717, 1.165) is 6.07 Å². The quantitative estimate of drug-likeness (QED) is 0.473. The topological polar surface area (TPSA) is 118 Å². The fraction of sp³-hybridized carbons (Fsp3) is 0.300. The highest BCUT2D eigenvalue weighted by Gasteiger charge is 2.21. The largest absolute Gasteiger partial charge is 0.508 e. The van der Waals surface area contributed by atoms with Crippen LogP contribution in [-0.2, 0) is 0 Å². The lowest BCUT2D eigenvalue weighted by Gasteiger charge is -2.17. The second-order valence-electron chi connectivity index (χ2n) is 3.27. The van der Waals surface area contributed by atoms with Crippen LogP contribution in [0.15, 0.2) is 18.2 Å². The molecule has 6 heteroatoms. The first kappa shape index (κ1) is 12.4. The second-order valence-corrected chi connectivity index (χ2v) is 3.27. The summed E-state index contributed by atoms with van der Waals surface area (Å²) in [5.74, 6) is -1.65. The van der Waals surface area contributed by atoms with Gasteiger partial charge >= 0.3 is 5.97 Å². The van der Waals surface area contributed by atoms with E-state index in [9.17, 15) is 15.0 Å². The SMILES string of the molecule is O=C(O)c1ccc(C(O)C(O)CO)c(O)c1. The summed E-state index contributed by atoms with van der Waals surface area (Å²) in [6.45, 7) is -0.665. The summed E-state index contributed by atoms with van der Waals surface area (Å²) < 4.78 is 0. The Morgan fingerprint density at radius 1 is 1.31 bits per heavy atom. The maximum absolute atomic E-state index is 10.6. The predicted molar refractivity (Wildman–Crippen MR) is 53.1 cm³/mol. The Balaban J connectivity index is 3.03. The van der Waals surface area contributed by atoms with E-state index < -0.39 is 30.5 Å². The number of aromatic hydroxyl groups is 1. The molecule has 16 heavy (non-hydrogen) atoms. The van der Waals surface area contributed by atoms with E-state index in [2.05, 4.69) is 0 Å². The van der Waals surface area contributed by atoms with Crippen molar-refractivity contribution in [2.45, 2.75) is 12.2 Å². The molecule has 1 aromatic rings. The molecule has 2 unspecified atom stereocenters. The van der Waals surface area contributed by atoms with E-state index in [4.69, 9.17) is 15.3 Å². The van der Waals surface area contributed by atoms with Gasteiger partial charge in [0.15, 0.2) is 0 Å². The van der Waals surface area contributed by atoms with Crippen LogP contribution in [0.4, 0.5) is 0 Å². The third-order valence-corrected chi connectivity index (χ3v) is 2.15. The normalized spacial score (nSPS) is 14.4. The third kappa shape index (κ3) is 2.48. The van der Waals surface area contributed by atoms with Crippen LogP contribution in [0.2, 0.25) is 0 Å². The molecule has 5 N–H and O–H groups in total. The van der Waals surface area contributed by atoms with Gasteiger partial charge < -0.3 is 25.5 Å². The van der Waals surface area contributed by atoms with Gasteiger partial charge in [-0.15, -0.1) is 0 Å². The lowest BCUT2D eigenvalue weighted by Crippen LogP contribution is -2.22. The van der Waals surface area contributed by atoms with E-state index in [-0.39, 0.29) is 11.1 Å². The molecule has 0 aromatic heterocycles. The number of rotatable bonds is 4. The van der Waals surface area contributed by atoms with Crippen molar-refractivity contribution in [2.24, 2.45) is 0 Å². The number of carboxylic acid groups (broad SMARTS) is 1. The van der Waals surface area contributed by atoms with E-state index in [1.165, 1.54) is 12.1 Å². The van der Waals surface area contributed by atoms with Gasteiger partial charge in [-0.2, -0.15) is 0 Å². The van der Waals surface area contributed by atoms with E-state index in [0.29, 0.717) is 0 Å². The highest BCUT2D eigenvalue weighted by atomic mass is 16.4. The lowest BCUT2D eigenvalue weighted by molar-refractivity contribution is -0.0162. The molecule has 0 heterocycles. The molecule has 0 saturated carbocycles. The number of aliphatic hydroxyl groups excluding tert-OH is 3. The van der Waals surface area contributed by atoms with Crippen molar-refractivity contribution in [1.29, 1.82) is 0 Å². The van der Waals surface area contributed by atoms with Crippen LogP contribution < -0.4 is 0 Å². The van der Waals surface area contributed by atoms with Crippen molar-refractivity contribution in [3.63, 3.8) is 0 Å². The monoisotopic (exact) mass is 228 g/mol. The minimum Gasteiger partial charge on any atom is -0.508 e. The van der Waals surface area contributed by atoms with Crippen molar-refractivity contribution in [1.82, 2.24) is 0 Å². The smallest absolute Gasteiger partial charge is 0.335 e. The zero-order chi connectivity index (χ0) is 12.3. The molecule has 0 saturated heterocycles. The van der Waals surface area contributed by atoms with Gasteiger partial charge in [-0.3, -0.25) is 0 Å². The standard InChI is InChI=1S/C10H12O6/c11-4-8(13)9(14)6-2-1-5(10(15)16)3-7(6)12/h1-3,8-9,11-14H,4H2,(H,15,16). The molecular formula is C10H12O6. The first-order chi connectivity index (χ1) is 7.47. The summed E-state index contributed by atoms with van der Waals surface area (Å²) in [5, 5.41) is 45.3. The molecule has 6 nitrogen and oxygen atoms in total. The summed E-state index contributed by atoms with van der Waals surface area (Å²) in [6, 6.07) is 3.33.